The number of halogens is 2. The van der Waals surface area contributed by atoms with Crippen LogP contribution < -0.4 is 10.5 Å². The van der Waals surface area contributed by atoms with Crippen LogP contribution in [-0.2, 0) is 11.2 Å². The van der Waals surface area contributed by atoms with E-state index in [0.29, 0.717) is 43.1 Å². The Morgan fingerprint density at radius 3 is 2.79 bits per heavy atom. The van der Waals surface area contributed by atoms with Gasteiger partial charge < -0.3 is 14.6 Å². The maximum atomic E-state index is 13.6. The van der Waals surface area contributed by atoms with E-state index >= 15 is 0 Å². The first-order valence-corrected chi connectivity index (χ1v) is 9.41. The number of pyridine rings is 1. The Labute approximate surface area is 166 Å². The molecule has 0 amide bonds. The van der Waals surface area contributed by atoms with Crippen molar-refractivity contribution in [1.29, 1.82) is 0 Å². The van der Waals surface area contributed by atoms with Crippen molar-refractivity contribution in [3.05, 3.63) is 75.8 Å². The minimum atomic E-state index is -0.887. The van der Waals surface area contributed by atoms with Crippen LogP contribution in [0.5, 0.6) is 0 Å². The lowest BCUT2D eigenvalue weighted by Crippen LogP contribution is -2.38. The highest BCUT2D eigenvalue weighted by atomic mass is 19.2. The fraction of sp³-hybridized carbons (Fsp3) is 0.286. The van der Waals surface area contributed by atoms with E-state index in [4.69, 9.17) is 4.74 Å². The quantitative estimate of drug-likeness (QED) is 0.731. The molecule has 0 radical (unpaired) electrons. The lowest BCUT2D eigenvalue weighted by atomic mass is 10.1. The Morgan fingerprint density at radius 1 is 1.21 bits per heavy atom. The number of H-pyrrole nitrogens is 1. The van der Waals surface area contributed by atoms with Crippen LogP contribution in [0.1, 0.15) is 24.3 Å². The highest BCUT2D eigenvalue weighted by Gasteiger charge is 2.24. The average Bonchev–Trinajstić information content (AvgIpc) is 2.75. The van der Waals surface area contributed by atoms with E-state index in [1.54, 1.807) is 6.20 Å². The molecule has 0 bridgehead atoms. The molecule has 3 aromatic rings. The summed E-state index contributed by atoms with van der Waals surface area (Å²) in [4.78, 5) is 25.5. The van der Waals surface area contributed by atoms with Crippen LogP contribution in [0.3, 0.4) is 0 Å². The van der Waals surface area contributed by atoms with Gasteiger partial charge in [-0.2, -0.15) is 0 Å². The molecule has 1 saturated heterocycles. The van der Waals surface area contributed by atoms with Gasteiger partial charge in [0, 0.05) is 36.6 Å². The summed E-state index contributed by atoms with van der Waals surface area (Å²) in [6.07, 6.45) is 1.95. The average molecular weight is 398 g/mol. The van der Waals surface area contributed by atoms with Crippen LogP contribution in [0, 0.1) is 11.6 Å². The summed E-state index contributed by atoms with van der Waals surface area (Å²) in [5, 5.41) is 0. The zero-order valence-electron chi connectivity index (χ0n) is 15.9. The Bertz CT molecular complexity index is 1070. The van der Waals surface area contributed by atoms with E-state index in [0.717, 1.165) is 17.6 Å². The van der Waals surface area contributed by atoms with Gasteiger partial charge in [0.15, 0.2) is 11.6 Å². The molecule has 2 aromatic heterocycles. The number of rotatable bonds is 4. The van der Waals surface area contributed by atoms with Gasteiger partial charge in [-0.25, -0.2) is 18.7 Å². The second-order valence-corrected chi connectivity index (χ2v) is 6.82. The Morgan fingerprint density at radius 2 is 2.07 bits per heavy atom. The predicted molar refractivity (Wildman–Crippen MR) is 105 cm³/mol. The lowest BCUT2D eigenvalue weighted by molar-refractivity contribution is 0.0393. The Kier molecular flexibility index (Phi) is 5.35. The fourth-order valence-electron chi connectivity index (χ4n) is 3.31. The van der Waals surface area contributed by atoms with Gasteiger partial charge in [-0.15, -0.1) is 0 Å². The fourth-order valence-corrected chi connectivity index (χ4v) is 3.31. The van der Waals surface area contributed by atoms with Gasteiger partial charge >= 0.3 is 0 Å². The molecule has 0 aliphatic carbocycles. The smallest absolute Gasteiger partial charge is 0.251 e. The highest BCUT2D eigenvalue weighted by molar-refractivity contribution is 5.56. The van der Waals surface area contributed by atoms with Gasteiger partial charge in [0.25, 0.3) is 5.56 Å². The van der Waals surface area contributed by atoms with E-state index in [2.05, 4.69) is 15.0 Å². The summed E-state index contributed by atoms with van der Waals surface area (Å²) in [5.74, 6) is -0.548. The molecule has 8 heteroatoms. The second kappa shape index (κ2) is 8.08. The number of aryl methyl sites for hydroxylation is 1. The van der Waals surface area contributed by atoms with Gasteiger partial charge in [0.1, 0.15) is 17.7 Å². The molecular formula is C21H20F2N4O2. The first-order chi connectivity index (χ1) is 14.0. The number of aromatic nitrogens is 3. The number of aromatic amines is 1. The van der Waals surface area contributed by atoms with Crippen molar-refractivity contribution < 1.29 is 13.5 Å². The highest BCUT2D eigenvalue weighted by Crippen LogP contribution is 2.27. The summed E-state index contributed by atoms with van der Waals surface area (Å²) in [7, 11) is 0. The SMILES string of the molecule is CCc1cc(=O)[nH]c(-c2ccc(N3CCO[C@@H](c4ccc(F)c(F)c4)C3)nc2)n1. The third-order valence-electron chi connectivity index (χ3n) is 4.88. The largest absolute Gasteiger partial charge is 0.370 e. The molecule has 1 aromatic carbocycles. The monoisotopic (exact) mass is 398 g/mol. The maximum absolute atomic E-state index is 13.6. The van der Waals surface area contributed by atoms with E-state index < -0.39 is 11.6 Å². The van der Waals surface area contributed by atoms with Crippen molar-refractivity contribution in [2.45, 2.75) is 19.4 Å². The predicted octanol–water partition coefficient (Wildman–Crippen LogP) is 3.25. The Hall–Kier alpha value is -3.13. The number of benzene rings is 1. The van der Waals surface area contributed by atoms with Crippen LogP contribution >= 0.6 is 0 Å². The topological polar surface area (TPSA) is 71.1 Å². The van der Waals surface area contributed by atoms with Crippen molar-refractivity contribution in [1.82, 2.24) is 15.0 Å². The molecule has 1 aliphatic rings. The van der Waals surface area contributed by atoms with Gasteiger partial charge in [0.05, 0.1) is 6.61 Å². The molecule has 3 heterocycles. The zero-order valence-corrected chi connectivity index (χ0v) is 15.9. The van der Waals surface area contributed by atoms with E-state index in [9.17, 15) is 13.6 Å². The van der Waals surface area contributed by atoms with Gasteiger partial charge in [0.2, 0.25) is 0 Å². The van der Waals surface area contributed by atoms with Crippen LogP contribution in [-0.4, -0.2) is 34.6 Å². The molecule has 1 aliphatic heterocycles. The molecule has 1 atom stereocenters. The number of hydrogen-bond donors (Lipinski definition) is 1. The van der Waals surface area contributed by atoms with Crippen LogP contribution in [0.15, 0.2) is 47.4 Å². The van der Waals surface area contributed by atoms with Crippen LogP contribution in [0.2, 0.25) is 0 Å². The first kappa shape index (κ1) is 19.2. The van der Waals surface area contributed by atoms with Crippen molar-refractivity contribution in [2.75, 3.05) is 24.6 Å². The van der Waals surface area contributed by atoms with E-state index in [1.807, 2.05) is 24.0 Å². The normalized spacial score (nSPS) is 16.8. The number of ether oxygens (including phenoxy) is 1. The number of anilines is 1. The standard InChI is InChI=1S/C21H20F2N4O2/c1-2-15-10-20(28)26-21(25-15)14-4-6-19(24-11-14)27-7-8-29-18(12-27)13-3-5-16(22)17(23)9-13/h3-6,9-11,18H,2,7-8,12H2,1H3,(H,25,26,28)/t18-/m1/s1. The Balaban J connectivity index is 1.53. The third-order valence-corrected chi connectivity index (χ3v) is 4.88. The number of morpholine rings is 1. The third kappa shape index (κ3) is 4.17. The summed E-state index contributed by atoms with van der Waals surface area (Å²) in [6, 6.07) is 8.99. The van der Waals surface area contributed by atoms with Crippen LogP contribution in [0.4, 0.5) is 14.6 Å². The summed E-state index contributed by atoms with van der Waals surface area (Å²) in [6.45, 7) is 3.49. The molecule has 0 unspecified atom stereocenters. The number of nitrogens with zero attached hydrogens (tertiary/aromatic N) is 3. The van der Waals surface area contributed by atoms with Gasteiger partial charge in [-0.1, -0.05) is 13.0 Å². The van der Waals surface area contributed by atoms with E-state index in [1.165, 1.54) is 18.2 Å². The minimum Gasteiger partial charge on any atom is -0.370 e. The van der Waals surface area contributed by atoms with Gasteiger partial charge in [-0.3, -0.25) is 4.79 Å². The maximum Gasteiger partial charge on any atom is 0.251 e. The number of hydrogen-bond acceptors (Lipinski definition) is 5. The molecule has 0 spiro atoms. The molecule has 1 N–H and O–H groups in total. The molecule has 4 rings (SSSR count). The molecular weight excluding hydrogens is 378 g/mol. The van der Waals surface area contributed by atoms with Crippen molar-refractivity contribution in [3.8, 4) is 11.4 Å². The summed E-state index contributed by atoms with van der Waals surface area (Å²) < 4.78 is 32.5. The number of nitrogens with one attached hydrogen (secondary N) is 1. The van der Waals surface area contributed by atoms with Crippen molar-refractivity contribution in [3.63, 3.8) is 0 Å². The van der Waals surface area contributed by atoms with Crippen molar-refractivity contribution >= 4 is 5.82 Å². The first-order valence-electron chi connectivity index (χ1n) is 9.41. The summed E-state index contributed by atoms with van der Waals surface area (Å²) in [5.41, 5.74) is 1.82. The van der Waals surface area contributed by atoms with Crippen molar-refractivity contribution in [2.24, 2.45) is 0 Å². The van der Waals surface area contributed by atoms with Gasteiger partial charge in [-0.05, 0) is 36.2 Å². The molecule has 1 fully saturated rings. The second-order valence-electron chi connectivity index (χ2n) is 6.82. The lowest BCUT2D eigenvalue weighted by Gasteiger charge is -2.34. The molecule has 150 valence electrons. The summed E-state index contributed by atoms with van der Waals surface area (Å²) >= 11 is 0. The van der Waals surface area contributed by atoms with E-state index in [-0.39, 0.29) is 11.7 Å². The molecule has 0 saturated carbocycles. The zero-order chi connectivity index (χ0) is 20.4. The molecule has 6 nitrogen and oxygen atoms in total. The van der Waals surface area contributed by atoms with Crippen LogP contribution in [0.25, 0.3) is 11.4 Å². The minimum absolute atomic E-state index is 0.196. The molecule has 29 heavy (non-hydrogen) atoms.